The SMILES string of the molecule is CCC(C(N)=S)S(=O)(=O)N1CC(C)OC(CO)C1. The molecule has 0 aromatic carbocycles. The van der Waals surface area contributed by atoms with Crippen LogP contribution in [0.5, 0.6) is 0 Å². The molecular weight excluding hydrogens is 276 g/mol. The average Bonchev–Trinajstić information content (AvgIpc) is 2.28. The summed E-state index contributed by atoms with van der Waals surface area (Å²) in [4.78, 5) is -0.0165. The van der Waals surface area contributed by atoms with Gasteiger partial charge in [0.2, 0.25) is 10.0 Å². The number of rotatable bonds is 5. The molecule has 0 aliphatic carbocycles. The highest BCUT2D eigenvalue weighted by Crippen LogP contribution is 2.19. The molecule has 0 aromatic rings. The summed E-state index contributed by atoms with van der Waals surface area (Å²) in [6.07, 6.45) is -0.408. The molecule has 3 unspecified atom stereocenters. The maximum absolute atomic E-state index is 12.4. The zero-order valence-electron chi connectivity index (χ0n) is 10.6. The molecule has 8 heteroatoms. The molecule has 1 rings (SSSR count). The number of nitrogens with zero attached hydrogens (tertiary/aromatic N) is 1. The van der Waals surface area contributed by atoms with Crippen molar-refractivity contribution in [2.45, 2.75) is 37.7 Å². The minimum atomic E-state index is -3.57. The summed E-state index contributed by atoms with van der Waals surface area (Å²) in [5.41, 5.74) is 5.49. The number of morpholine rings is 1. The van der Waals surface area contributed by atoms with Crippen LogP contribution in [0.3, 0.4) is 0 Å². The molecule has 0 radical (unpaired) electrons. The van der Waals surface area contributed by atoms with Gasteiger partial charge >= 0.3 is 0 Å². The normalized spacial score (nSPS) is 27.9. The van der Waals surface area contributed by atoms with Crippen molar-refractivity contribution < 1.29 is 18.3 Å². The van der Waals surface area contributed by atoms with Crippen LogP contribution in [0, 0.1) is 0 Å². The number of hydrogen-bond donors (Lipinski definition) is 2. The third kappa shape index (κ3) is 3.39. The molecule has 0 spiro atoms. The van der Waals surface area contributed by atoms with Gasteiger partial charge in [0.1, 0.15) is 5.25 Å². The van der Waals surface area contributed by atoms with E-state index in [1.165, 1.54) is 4.31 Å². The van der Waals surface area contributed by atoms with Gasteiger partial charge < -0.3 is 15.6 Å². The molecule has 0 aromatic heterocycles. The lowest BCUT2D eigenvalue weighted by Gasteiger charge is -2.36. The molecule has 3 atom stereocenters. The molecule has 1 aliphatic rings. The highest BCUT2D eigenvalue weighted by atomic mass is 32.2. The van der Waals surface area contributed by atoms with Crippen LogP contribution < -0.4 is 5.73 Å². The van der Waals surface area contributed by atoms with E-state index in [9.17, 15) is 8.42 Å². The second kappa shape index (κ2) is 6.25. The third-order valence-corrected chi connectivity index (χ3v) is 5.66. The summed E-state index contributed by atoms with van der Waals surface area (Å²) in [7, 11) is -3.57. The quantitative estimate of drug-likeness (QED) is 0.662. The molecule has 6 nitrogen and oxygen atoms in total. The van der Waals surface area contributed by atoms with Crippen LogP contribution in [0.15, 0.2) is 0 Å². The van der Waals surface area contributed by atoms with Crippen molar-refractivity contribution in [1.82, 2.24) is 4.31 Å². The van der Waals surface area contributed by atoms with E-state index in [1.807, 2.05) is 0 Å². The largest absolute Gasteiger partial charge is 0.394 e. The van der Waals surface area contributed by atoms with Gasteiger partial charge in [-0.3, -0.25) is 0 Å². The zero-order chi connectivity index (χ0) is 13.9. The molecular formula is C10H20N2O4S2. The van der Waals surface area contributed by atoms with Gasteiger partial charge in [-0.2, -0.15) is 4.31 Å². The van der Waals surface area contributed by atoms with Gasteiger partial charge in [0, 0.05) is 13.1 Å². The number of aliphatic hydroxyl groups is 1. The Bertz CT molecular complexity index is 399. The van der Waals surface area contributed by atoms with E-state index in [0.717, 1.165) is 0 Å². The first-order valence-corrected chi connectivity index (χ1v) is 7.78. The lowest BCUT2D eigenvalue weighted by molar-refractivity contribution is -0.0751. The van der Waals surface area contributed by atoms with Crippen LogP contribution in [-0.2, 0) is 14.8 Å². The second-order valence-corrected chi connectivity index (χ2v) is 7.00. The summed E-state index contributed by atoms with van der Waals surface area (Å²) in [5.74, 6) is 0. The number of hydrogen-bond acceptors (Lipinski definition) is 5. The van der Waals surface area contributed by atoms with E-state index in [2.05, 4.69) is 0 Å². The second-order valence-electron chi connectivity index (χ2n) is 4.41. The van der Waals surface area contributed by atoms with Crippen molar-refractivity contribution in [3.63, 3.8) is 0 Å². The van der Waals surface area contributed by atoms with Crippen molar-refractivity contribution >= 4 is 27.2 Å². The van der Waals surface area contributed by atoms with Gasteiger partial charge in [0.15, 0.2) is 0 Å². The van der Waals surface area contributed by atoms with Crippen LogP contribution in [0.2, 0.25) is 0 Å². The molecule has 1 heterocycles. The van der Waals surface area contributed by atoms with E-state index in [-0.39, 0.29) is 30.8 Å². The Kier molecular flexibility index (Phi) is 5.47. The Balaban J connectivity index is 2.93. The Morgan fingerprint density at radius 2 is 2.22 bits per heavy atom. The monoisotopic (exact) mass is 296 g/mol. The third-order valence-electron chi connectivity index (χ3n) is 2.90. The molecule has 0 bridgehead atoms. The van der Waals surface area contributed by atoms with Gasteiger partial charge in [0.05, 0.1) is 23.8 Å². The number of sulfonamides is 1. The molecule has 0 amide bonds. The van der Waals surface area contributed by atoms with E-state index in [1.54, 1.807) is 13.8 Å². The maximum atomic E-state index is 12.4. The highest BCUT2D eigenvalue weighted by molar-refractivity contribution is 7.92. The van der Waals surface area contributed by atoms with Crippen molar-refractivity contribution in [3.8, 4) is 0 Å². The Morgan fingerprint density at radius 3 is 2.67 bits per heavy atom. The summed E-state index contributed by atoms with van der Waals surface area (Å²) in [5, 5.41) is 8.25. The maximum Gasteiger partial charge on any atom is 0.223 e. The number of nitrogens with two attached hydrogens (primary N) is 1. The van der Waals surface area contributed by atoms with Crippen LogP contribution in [0.4, 0.5) is 0 Å². The first kappa shape index (κ1) is 15.8. The molecule has 3 N–H and O–H groups in total. The number of ether oxygens (including phenoxy) is 1. The van der Waals surface area contributed by atoms with Crippen molar-refractivity contribution in [2.24, 2.45) is 5.73 Å². The summed E-state index contributed by atoms with van der Waals surface area (Å²) in [6, 6.07) is 0. The van der Waals surface area contributed by atoms with Crippen molar-refractivity contribution in [3.05, 3.63) is 0 Å². The van der Waals surface area contributed by atoms with Crippen LogP contribution in [0.1, 0.15) is 20.3 Å². The summed E-state index contributed by atoms with van der Waals surface area (Å²) in [6.45, 7) is 3.70. The van der Waals surface area contributed by atoms with Gasteiger partial charge in [-0.05, 0) is 13.3 Å². The Hall–Kier alpha value is -0.280. The highest BCUT2D eigenvalue weighted by Gasteiger charge is 2.38. The summed E-state index contributed by atoms with van der Waals surface area (Å²) >= 11 is 4.81. The molecule has 106 valence electrons. The summed E-state index contributed by atoms with van der Waals surface area (Å²) < 4.78 is 31.5. The van der Waals surface area contributed by atoms with E-state index >= 15 is 0 Å². The Labute approximate surface area is 113 Å². The van der Waals surface area contributed by atoms with Gasteiger partial charge in [-0.15, -0.1) is 0 Å². The van der Waals surface area contributed by atoms with Crippen LogP contribution in [0.25, 0.3) is 0 Å². The fourth-order valence-corrected chi connectivity index (χ4v) is 4.45. The molecule has 1 aliphatic heterocycles. The smallest absolute Gasteiger partial charge is 0.223 e. The first-order chi connectivity index (χ1) is 8.32. The van der Waals surface area contributed by atoms with Crippen LogP contribution in [-0.4, -0.2) is 60.0 Å². The lowest BCUT2D eigenvalue weighted by Crippen LogP contribution is -2.54. The predicted molar refractivity (Wildman–Crippen MR) is 72.8 cm³/mol. The Morgan fingerprint density at radius 1 is 1.61 bits per heavy atom. The molecule has 1 saturated heterocycles. The lowest BCUT2D eigenvalue weighted by atomic mass is 10.2. The van der Waals surface area contributed by atoms with E-state index < -0.39 is 21.4 Å². The average molecular weight is 296 g/mol. The fraction of sp³-hybridized carbons (Fsp3) is 0.900. The minimum absolute atomic E-state index is 0.0165. The zero-order valence-corrected chi connectivity index (χ0v) is 12.2. The first-order valence-electron chi connectivity index (χ1n) is 5.87. The fourth-order valence-electron chi connectivity index (χ4n) is 2.05. The molecule has 18 heavy (non-hydrogen) atoms. The van der Waals surface area contributed by atoms with Gasteiger partial charge in [0.25, 0.3) is 0 Å². The van der Waals surface area contributed by atoms with Gasteiger partial charge in [-0.1, -0.05) is 19.1 Å². The van der Waals surface area contributed by atoms with E-state index in [0.29, 0.717) is 6.42 Å². The van der Waals surface area contributed by atoms with E-state index in [4.69, 9.17) is 27.8 Å². The number of thiocarbonyl (C=S) groups is 1. The predicted octanol–water partition coefficient (Wildman–Crippen LogP) is -0.537. The van der Waals surface area contributed by atoms with Crippen molar-refractivity contribution in [2.75, 3.05) is 19.7 Å². The minimum Gasteiger partial charge on any atom is -0.394 e. The topological polar surface area (TPSA) is 92.9 Å². The number of aliphatic hydroxyl groups excluding tert-OH is 1. The standard InChI is InChI=1S/C10H20N2O4S2/c1-3-9(10(11)17)18(14,15)12-4-7(2)16-8(5-12)6-13/h7-9,13H,3-6H2,1-2H3,(H2,11,17). The molecule has 0 saturated carbocycles. The van der Waals surface area contributed by atoms with Crippen LogP contribution >= 0.6 is 12.2 Å². The van der Waals surface area contributed by atoms with Gasteiger partial charge in [-0.25, -0.2) is 8.42 Å². The molecule has 1 fully saturated rings. The van der Waals surface area contributed by atoms with Crippen molar-refractivity contribution in [1.29, 1.82) is 0 Å².